The number of anilines is 1. The van der Waals surface area contributed by atoms with Crippen LogP contribution >= 0.6 is 11.8 Å². The van der Waals surface area contributed by atoms with E-state index in [-0.39, 0.29) is 16.9 Å². The second-order valence-electron chi connectivity index (χ2n) is 3.63. The molecule has 1 amide bonds. The molecule has 9 heteroatoms. The van der Waals surface area contributed by atoms with Gasteiger partial charge in [0.2, 0.25) is 0 Å². The Morgan fingerprint density at radius 3 is 2.95 bits per heavy atom. The second kappa shape index (κ2) is 5.14. The van der Waals surface area contributed by atoms with Crippen LogP contribution in [0.4, 0.5) is 5.69 Å². The molecule has 0 radical (unpaired) electrons. The third kappa shape index (κ3) is 2.60. The SMILES string of the molecule is CCn1c(Sc2cc(C(N)=O)c(N)cn2)n[nH]c1=O. The molecule has 0 aliphatic rings. The number of hydrogen-bond donors (Lipinski definition) is 3. The smallest absolute Gasteiger partial charge is 0.343 e. The molecule has 0 unspecified atom stereocenters. The van der Waals surface area contributed by atoms with Crippen LogP contribution in [-0.4, -0.2) is 25.7 Å². The zero-order valence-electron chi connectivity index (χ0n) is 10.1. The van der Waals surface area contributed by atoms with E-state index in [0.717, 1.165) is 11.8 Å². The largest absolute Gasteiger partial charge is 0.397 e. The highest BCUT2D eigenvalue weighted by atomic mass is 32.2. The molecule has 0 aromatic carbocycles. The average molecular weight is 280 g/mol. The van der Waals surface area contributed by atoms with Crippen LogP contribution in [0.5, 0.6) is 0 Å². The van der Waals surface area contributed by atoms with E-state index in [2.05, 4.69) is 15.2 Å². The monoisotopic (exact) mass is 280 g/mol. The van der Waals surface area contributed by atoms with Gasteiger partial charge in [-0.3, -0.25) is 9.36 Å². The molecular weight excluding hydrogens is 268 g/mol. The van der Waals surface area contributed by atoms with E-state index in [0.29, 0.717) is 16.7 Å². The number of nitrogens with zero attached hydrogens (tertiary/aromatic N) is 3. The number of primary amides is 1. The molecular formula is C10H12N6O2S. The highest BCUT2D eigenvalue weighted by molar-refractivity contribution is 7.99. The van der Waals surface area contributed by atoms with Crippen LogP contribution < -0.4 is 17.2 Å². The van der Waals surface area contributed by atoms with Crippen molar-refractivity contribution < 1.29 is 4.79 Å². The van der Waals surface area contributed by atoms with E-state index in [1.807, 2.05) is 6.92 Å². The van der Waals surface area contributed by atoms with E-state index >= 15 is 0 Å². The first kappa shape index (κ1) is 13.1. The van der Waals surface area contributed by atoms with Gasteiger partial charge in [-0.1, -0.05) is 0 Å². The minimum Gasteiger partial charge on any atom is -0.397 e. The number of nitrogens with two attached hydrogens (primary N) is 2. The number of hydrogen-bond acceptors (Lipinski definition) is 6. The first-order chi connectivity index (χ1) is 9.02. The minimum atomic E-state index is -0.628. The molecule has 2 rings (SSSR count). The number of carbonyl (C=O) groups is 1. The number of pyridine rings is 1. The number of carbonyl (C=O) groups excluding carboxylic acids is 1. The van der Waals surface area contributed by atoms with Crippen molar-refractivity contribution in [3.05, 3.63) is 28.3 Å². The fourth-order valence-corrected chi connectivity index (χ4v) is 2.35. The Morgan fingerprint density at radius 2 is 2.32 bits per heavy atom. The summed E-state index contributed by atoms with van der Waals surface area (Å²) in [6.07, 6.45) is 1.35. The maximum Gasteiger partial charge on any atom is 0.343 e. The Hall–Kier alpha value is -2.29. The molecule has 0 fully saturated rings. The fraction of sp³-hybridized carbons (Fsp3) is 0.200. The lowest BCUT2D eigenvalue weighted by Crippen LogP contribution is -2.16. The zero-order valence-corrected chi connectivity index (χ0v) is 10.9. The van der Waals surface area contributed by atoms with E-state index in [1.165, 1.54) is 16.8 Å². The summed E-state index contributed by atoms with van der Waals surface area (Å²) in [5.41, 5.74) is 10.9. The number of nitrogens with one attached hydrogen (secondary N) is 1. The lowest BCUT2D eigenvalue weighted by atomic mass is 10.2. The van der Waals surface area contributed by atoms with Gasteiger partial charge in [0.25, 0.3) is 5.91 Å². The van der Waals surface area contributed by atoms with Gasteiger partial charge in [0, 0.05) is 6.54 Å². The third-order valence-electron chi connectivity index (χ3n) is 2.41. The van der Waals surface area contributed by atoms with Gasteiger partial charge in [-0.25, -0.2) is 14.9 Å². The van der Waals surface area contributed by atoms with Crippen LogP contribution in [0, 0.1) is 0 Å². The normalized spacial score (nSPS) is 10.6. The molecule has 0 saturated carbocycles. The maximum absolute atomic E-state index is 11.4. The van der Waals surface area contributed by atoms with Crippen molar-refractivity contribution in [2.45, 2.75) is 23.7 Å². The van der Waals surface area contributed by atoms with Crippen molar-refractivity contribution in [2.24, 2.45) is 5.73 Å². The summed E-state index contributed by atoms with van der Waals surface area (Å²) in [4.78, 5) is 26.7. The molecule has 0 atom stereocenters. The summed E-state index contributed by atoms with van der Waals surface area (Å²) in [7, 11) is 0. The van der Waals surface area contributed by atoms with Crippen LogP contribution in [0.15, 0.2) is 27.2 Å². The average Bonchev–Trinajstić information content (AvgIpc) is 2.72. The summed E-state index contributed by atoms with van der Waals surface area (Å²) in [6, 6.07) is 1.47. The Balaban J connectivity index is 2.36. The lowest BCUT2D eigenvalue weighted by molar-refractivity contribution is 0.100. The van der Waals surface area contributed by atoms with E-state index in [1.54, 1.807) is 0 Å². The van der Waals surface area contributed by atoms with Crippen molar-refractivity contribution in [2.75, 3.05) is 5.73 Å². The number of H-pyrrole nitrogens is 1. The number of nitrogen functional groups attached to an aromatic ring is 1. The van der Waals surface area contributed by atoms with Gasteiger partial charge < -0.3 is 11.5 Å². The molecule has 0 aliphatic carbocycles. The summed E-state index contributed by atoms with van der Waals surface area (Å²) in [5, 5.41) is 7.17. The van der Waals surface area contributed by atoms with Crippen LogP contribution in [0.2, 0.25) is 0 Å². The summed E-state index contributed by atoms with van der Waals surface area (Å²) < 4.78 is 1.45. The fourth-order valence-electron chi connectivity index (χ4n) is 1.47. The van der Waals surface area contributed by atoms with Crippen LogP contribution in [0.1, 0.15) is 17.3 Å². The van der Waals surface area contributed by atoms with Crippen LogP contribution in [-0.2, 0) is 6.54 Å². The van der Waals surface area contributed by atoms with Gasteiger partial charge in [-0.05, 0) is 24.8 Å². The predicted octanol–water partition coefficient (Wildman–Crippen LogP) is -0.181. The molecule has 100 valence electrons. The first-order valence-electron chi connectivity index (χ1n) is 5.41. The maximum atomic E-state index is 11.4. The van der Waals surface area contributed by atoms with E-state index < -0.39 is 5.91 Å². The van der Waals surface area contributed by atoms with Crippen molar-refractivity contribution >= 4 is 23.4 Å². The zero-order chi connectivity index (χ0) is 14.0. The molecule has 2 aromatic heterocycles. The van der Waals surface area contributed by atoms with Crippen molar-refractivity contribution in [3.63, 3.8) is 0 Å². The summed E-state index contributed by atoms with van der Waals surface area (Å²) >= 11 is 1.15. The molecule has 0 saturated heterocycles. The third-order valence-corrected chi connectivity index (χ3v) is 3.34. The van der Waals surface area contributed by atoms with Gasteiger partial charge in [-0.2, -0.15) is 0 Å². The van der Waals surface area contributed by atoms with Gasteiger partial charge in [0.1, 0.15) is 5.03 Å². The first-order valence-corrected chi connectivity index (χ1v) is 6.23. The quantitative estimate of drug-likeness (QED) is 0.711. The minimum absolute atomic E-state index is 0.193. The van der Waals surface area contributed by atoms with Gasteiger partial charge in [-0.15, -0.1) is 5.10 Å². The van der Waals surface area contributed by atoms with Gasteiger partial charge in [0.05, 0.1) is 17.4 Å². The molecule has 2 aromatic rings. The van der Waals surface area contributed by atoms with Crippen LogP contribution in [0.3, 0.4) is 0 Å². The topological polar surface area (TPSA) is 133 Å². The molecule has 0 aliphatic heterocycles. The van der Waals surface area contributed by atoms with E-state index in [9.17, 15) is 9.59 Å². The lowest BCUT2D eigenvalue weighted by Gasteiger charge is -2.04. The Morgan fingerprint density at radius 1 is 1.58 bits per heavy atom. The Bertz CT molecular complexity index is 677. The van der Waals surface area contributed by atoms with Gasteiger partial charge >= 0.3 is 5.69 Å². The molecule has 19 heavy (non-hydrogen) atoms. The standard InChI is InChI=1S/C10H12N6O2S/c1-2-16-9(18)14-15-10(16)19-7-3-5(8(12)17)6(11)4-13-7/h3-4H,2,11H2,1H3,(H2,12,17)(H,14,18). The predicted molar refractivity (Wildman–Crippen MR) is 69.8 cm³/mol. The molecule has 0 spiro atoms. The molecule has 8 nitrogen and oxygen atoms in total. The highest BCUT2D eigenvalue weighted by Crippen LogP contribution is 2.25. The number of amides is 1. The number of rotatable bonds is 4. The summed E-state index contributed by atoms with van der Waals surface area (Å²) in [6.45, 7) is 2.31. The second-order valence-corrected chi connectivity index (χ2v) is 4.62. The van der Waals surface area contributed by atoms with Crippen molar-refractivity contribution in [1.82, 2.24) is 19.7 Å². The number of aromatic amines is 1. The van der Waals surface area contributed by atoms with Crippen molar-refractivity contribution in [1.29, 1.82) is 0 Å². The highest BCUT2D eigenvalue weighted by Gasteiger charge is 2.12. The van der Waals surface area contributed by atoms with E-state index in [4.69, 9.17) is 11.5 Å². The molecule has 5 N–H and O–H groups in total. The Kier molecular flexibility index (Phi) is 3.56. The molecule has 0 bridgehead atoms. The van der Waals surface area contributed by atoms with Gasteiger partial charge in [0.15, 0.2) is 5.16 Å². The molecule has 2 heterocycles. The van der Waals surface area contributed by atoms with Crippen LogP contribution in [0.25, 0.3) is 0 Å². The van der Waals surface area contributed by atoms with Crippen molar-refractivity contribution in [3.8, 4) is 0 Å². The Labute approximate surface area is 112 Å². The number of aromatic nitrogens is 4. The summed E-state index contributed by atoms with van der Waals surface area (Å²) in [5.74, 6) is -0.628.